The predicted molar refractivity (Wildman–Crippen MR) is 70.3 cm³/mol. The fourth-order valence-corrected chi connectivity index (χ4v) is 1.99. The van der Waals surface area contributed by atoms with Gasteiger partial charge in [-0.25, -0.2) is 4.39 Å². The maximum absolute atomic E-state index is 13.5. The van der Waals surface area contributed by atoms with E-state index in [1.807, 2.05) is 6.92 Å². The van der Waals surface area contributed by atoms with Gasteiger partial charge in [-0.05, 0) is 29.5 Å². The number of tetrazole rings is 1. The molecule has 19 heavy (non-hydrogen) atoms. The Morgan fingerprint density at radius 1 is 1.47 bits per heavy atom. The summed E-state index contributed by atoms with van der Waals surface area (Å²) in [7, 11) is 1.71. The van der Waals surface area contributed by atoms with Gasteiger partial charge in [-0.3, -0.25) is 0 Å². The van der Waals surface area contributed by atoms with Gasteiger partial charge in [0.25, 0.3) is 0 Å². The number of nitrogens with zero attached hydrogens (tertiary/aromatic N) is 4. The lowest BCUT2D eigenvalue weighted by Gasteiger charge is -2.16. The number of likely N-dealkylation sites (N-methyl/N-ethyl adjacent to an activating group) is 1. The van der Waals surface area contributed by atoms with Crippen molar-refractivity contribution >= 4 is 11.6 Å². The van der Waals surface area contributed by atoms with Crippen LogP contribution in [0.3, 0.4) is 0 Å². The third kappa shape index (κ3) is 3.48. The Balaban J connectivity index is 2.21. The first-order valence-electron chi connectivity index (χ1n) is 6.01. The molecule has 1 heterocycles. The zero-order valence-electron chi connectivity index (χ0n) is 10.8. The lowest BCUT2D eigenvalue weighted by atomic mass is 10.0. The van der Waals surface area contributed by atoms with Gasteiger partial charge in [0.1, 0.15) is 5.82 Å². The molecular formula is C12H15ClFN5. The number of benzene rings is 1. The molecule has 1 unspecified atom stereocenters. The molecule has 0 bridgehead atoms. The maximum atomic E-state index is 13.5. The van der Waals surface area contributed by atoms with Crippen LogP contribution in [0.5, 0.6) is 0 Å². The highest BCUT2D eigenvalue weighted by atomic mass is 35.5. The molecule has 102 valence electrons. The van der Waals surface area contributed by atoms with Crippen molar-refractivity contribution in [2.75, 3.05) is 6.54 Å². The molecule has 0 aliphatic rings. The van der Waals surface area contributed by atoms with E-state index in [0.717, 1.165) is 12.1 Å². The topological polar surface area (TPSA) is 55.6 Å². The number of aromatic nitrogens is 4. The van der Waals surface area contributed by atoms with Crippen molar-refractivity contribution < 1.29 is 4.39 Å². The van der Waals surface area contributed by atoms with Crippen LogP contribution in [0.25, 0.3) is 0 Å². The Morgan fingerprint density at radius 2 is 2.26 bits per heavy atom. The van der Waals surface area contributed by atoms with Gasteiger partial charge in [-0.2, -0.15) is 4.80 Å². The van der Waals surface area contributed by atoms with Crippen LogP contribution in [0, 0.1) is 5.82 Å². The fourth-order valence-electron chi connectivity index (χ4n) is 1.87. The fraction of sp³-hybridized carbons (Fsp3) is 0.417. The molecule has 0 amide bonds. The summed E-state index contributed by atoms with van der Waals surface area (Å²) in [5.74, 6) is 0.193. The second-order valence-corrected chi connectivity index (χ2v) is 4.59. The highest BCUT2D eigenvalue weighted by Crippen LogP contribution is 2.22. The lowest BCUT2D eigenvalue weighted by molar-refractivity contribution is 0.529. The van der Waals surface area contributed by atoms with Gasteiger partial charge in [0.05, 0.1) is 12.1 Å². The van der Waals surface area contributed by atoms with Gasteiger partial charge in [0.2, 0.25) is 0 Å². The van der Waals surface area contributed by atoms with Crippen LogP contribution < -0.4 is 5.32 Å². The van der Waals surface area contributed by atoms with Gasteiger partial charge >= 0.3 is 0 Å². The molecule has 2 aromatic rings. The third-order valence-electron chi connectivity index (χ3n) is 2.73. The van der Waals surface area contributed by atoms with Gasteiger partial charge in [0, 0.05) is 12.5 Å². The second kappa shape index (κ2) is 6.08. The third-order valence-corrected chi connectivity index (χ3v) is 3.04. The number of halogens is 2. The van der Waals surface area contributed by atoms with Gasteiger partial charge in [-0.15, -0.1) is 10.2 Å². The molecule has 0 aliphatic heterocycles. The van der Waals surface area contributed by atoms with Gasteiger partial charge in [-0.1, -0.05) is 24.6 Å². The summed E-state index contributed by atoms with van der Waals surface area (Å²) < 4.78 is 13.5. The minimum atomic E-state index is -0.422. The summed E-state index contributed by atoms with van der Waals surface area (Å²) in [4.78, 5) is 1.40. The summed E-state index contributed by atoms with van der Waals surface area (Å²) in [5, 5.41) is 15.3. The number of hydrogen-bond donors (Lipinski definition) is 1. The molecule has 0 saturated heterocycles. The predicted octanol–water partition coefficient (Wildman–Crippen LogP) is 1.90. The highest BCUT2D eigenvalue weighted by Gasteiger charge is 2.15. The van der Waals surface area contributed by atoms with E-state index >= 15 is 0 Å². The number of nitrogens with one attached hydrogen (secondary N) is 1. The SMILES string of the molecule is CCNC(Cc1nnn(C)n1)c1ccc(Cl)c(F)c1. The number of aryl methyl sites for hydroxylation is 1. The van der Waals surface area contributed by atoms with Crippen molar-refractivity contribution in [1.82, 2.24) is 25.5 Å². The van der Waals surface area contributed by atoms with E-state index in [0.29, 0.717) is 12.2 Å². The summed E-state index contributed by atoms with van der Waals surface area (Å²) in [6.45, 7) is 2.75. The summed E-state index contributed by atoms with van der Waals surface area (Å²) in [5.41, 5.74) is 0.816. The van der Waals surface area contributed by atoms with E-state index in [1.54, 1.807) is 19.2 Å². The van der Waals surface area contributed by atoms with E-state index < -0.39 is 5.82 Å². The van der Waals surface area contributed by atoms with Crippen molar-refractivity contribution in [2.45, 2.75) is 19.4 Å². The molecule has 0 radical (unpaired) electrons. The number of rotatable bonds is 5. The van der Waals surface area contributed by atoms with E-state index in [1.165, 1.54) is 10.9 Å². The van der Waals surface area contributed by atoms with Crippen molar-refractivity contribution in [3.8, 4) is 0 Å². The van der Waals surface area contributed by atoms with Crippen molar-refractivity contribution in [1.29, 1.82) is 0 Å². The summed E-state index contributed by atoms with van der Waals surface area (Å²) >= 11 is 5.69. The Labute approximate surface area is 115 Å². The first-order chi connectivity index (χ1) is 9.10. The molecule has 5 nitrogen and oxygen atoms in total. The minimum Gasteiger partial charge on any atom is -0.310 e. The first kappa shape index (κ1) is 13.9. The van der Waals surface area contributed by atoms with E-state index in [2.05, 4.69) is 20.7 Å². The molecule has 1 atom stereocenters. The molecule has 7 heteroatoms. The average molecular weight is 284 g/mol. The monoisotopic (exact) mass is 283 g/mol. The smallest absolute Gasteiger partial charge is 0.176 e. The van der Waals surface area contributed by atoms with Crippen molar-refractivity contribution in [3.05, 3.63) is 40.4 Å². The highest BCUT2D eigenvalue weighted by molar-refractivity contribution is 6.30. The zero-order valence-corrected chi connectivity index (χ0v) is 11.5. The molecule has 1 aromatic carbocycles. The molecule has 1 aromatic heterocycles. The quantitative estimate of drug-likeness (QED) is 0.910. The lowest BCUT2D eigenvalue weighted by Crippen LogP contribution is -2.23. The van der Waals surface area contributed by atoms with Crippen LogP contribution in [0.15, 0.2) is 18.2 Å². The van der Waals surface area contributed by atoms with E-state index in [9.17, 15) is 4.39 Å². The molecule has 0 fully saturated rings. The van der Waals surface area contributed by atoms with Crippen LogP contribution in [0.4, 0.5) is 4.39 Å². The van der Waals surface area contributed by atoms with Crippen molar-refractivity contribution in [3.63, 3.8) is 0 Å². The molecule has 0 spiro atoms. The largest absolute Gasteiger partial charge is 0.310 e. The average Bonchev–Trinajstić information content (AvgIpc) is 2.78. The molecule has 1 N–H and O–H groups in total. The maximum Gasteiger partial charge on any atom is 0.176 e. The summed E-state index contributed by atoms with van der Waals surface area (Å²) in [6.07, 6.45) is 0.544. The van der Waals surface area contributed by atoms with E-state index in [-0.39, 0.29) is 11.1 Å². The Kier molecular flexibility index (Phi) is 4.44. The second-order valence-electron chi connectivity index (χ2n) is 4.18. The van der Waals surface area contributed by atoms with Gasteiger partial charge < -0.3 is 5.32 Å². The van der Waals surface area contributed by atoms with Gasteiger partial charge in [0.15, 0.2) is 5.82 Å². The molecule has 0 saturated carbocycles. The molecular weight excluding hydrogens is 269 g/mol. The van der Waals surface area contributed by atoms with Crippen LogP contribution in [0.2, 0.25) is 5.02 Å². The zero-order chi connectivity index (χ0) is 13.8. The van der Waals surface area contributed by atoms with Crippen LogP contribution in [-0.4, -0.2) is 26.8 Å². The van der Waals surface area contributed by atoms with E-state index in [4.69, 9.17) is 11.6 Å². The van der Waals surface area contributed by atoms with Crippen LogP contribution in [-0.2, 0) is 13.5 Å². The Morgan fingerprint density at radius 3 is 2.84 bits per heavy atom. The number of hydrogen-bond acceptors (Lipinski definition) is 4. The first-order valence-corrected chi connectivity index (χ1v) is 6.39. The summed E-state index contributed by atoms with van der Waals surface area (Å²) in [6, 6.07) is 4.72. The minimum absolute atomic E-state index is 0.0685. The standard InChI is InChI=1S/C12H15ClFN5/c1-3-15-11(7-12-16-18-19(2)17-12)8-4-5-9(13)10(14)6-8/h4-6,11,15H,3,7H2,1-2H3. The molecule has 2 rings (SSSR count). The Bertz CT molecular complexity index is 557. The normalized spacial score (nSPS) is 12.6. The van der Waals surface area contributed by atoms with Crippen LogP contribution in [0.1, 0.15) is 24.4 Å². The molecule has 0 aliphatic carbocycles. The Hall–Kier alpha value is -1.53. The van der Waals surface area contributed by atoms with Crippen molar-refractivity contribution in [2.24, 2.45) is 7.05 Å². The van der Waals surface area contributed by atoms with Crippen LogP contribution >= 0.6 is 11.6 Å².